The number of benzene rings is 1. The van der Waals surface area contributed by atoms with Crippen LogP contribution in [0.3, 0.4) is 0 Å². The molecule has 3 aromatic rings. The van der Waals surface area contributed by atoms with E-state index in [1.165, 1.54) is 0 Å². The molecule has 0 saturated heterocycles. The highest BCUT2D eigenvalue weighted by Crippen LogP contribution is 2.28. The Morgan fingerprint density at radius 2 is 1.74 bits per heavy atom. The molecule has 1 unspecified atom stereocenters. The van der Waals surface area contributed by atoms with Crippen LogP contribution in [0.5, 0.6) is 0 Å². The number of imidazole rings is 1. The van der Waals surface area contributed by atoms with Gasteiger partial charge in [0.1, 0.15) is 17.1 Å². The summed E-state index contributed by atoms with van der Waals surface area (Å²) in [6.45, 7) is 15.6. The zero-order chi connectivity index (χ0) is 24.5. The second kappa shape index (κ2) is 12.4. The van der Waals surface area contributed by atoms with Gasteiger partial charge in [0.05, 0.1) is 6.61 Å². The van der Waals surface area contributed by atoms with Crippen molar-refractivity contribution >= 4 is 34.4 Å². The number of anilines is 3. The summed E-state index contributed by atoms with van der Waals surface area (Å²) in [6, 6.07) is 12.2. The first-order valence-electron chi connectivity index (χ1n) is 12.5. The fourth-order valence-electron chi connectivity index (χ4n) is 3.92. The van der Waals surface area contributed by atoms with Crippen LogP contribution in [0, 0.1) is 0 Å². The van der Waals surface area contributed by atoms with Gasteiger partial charge in [0, 0.05) is 36.9 Å². The summed E-state index contributed by atoms with van der Waals surface area (Å²) >= 11 is 0. The van der Waals surface area contributed by atoms with E-state index in [2.05, 4.69) is 54.3 Å². The van der Waals surface area contributed by atoms with Gasteiger partial charge in [-0.15, -0.1) is 0 Å². The Morgan fingerprint density at radius 3 is 2.32 bits per heavy atom. The van der Waals surface area contributed by atoms with Crippen molar-refractivity contribution in [1.82, 2.24) is 14.5 Å². The molecule has 2 heterocycles. The Kier molecular flexibility index (Phi) is 9.33. The number of nitrogens with two attached hydrogens (primary N) is 1. The number of pyridine rings is 1. The van der Waals surface area contributed by atoms with E-state index in [-0.39, 0.29) is 6.04 Å². The zero-order valence-electron chi connectivity index (χ0n) is 21.2. The Labute approximate surface area is 204 Å². The van der Waals surface area contributed by atoms with Gasteiger partial charge in [-0.2, -0.15) is 0 Å². The highest BCUT2D eigenvalue weighted by Gasteiger charge is 2.18. The standard InChI is InChI=1S/C27H40N6O/c1-6-9-17-32(18-10-7-2)25-16-15-24-26(31-25)33(20(4)19-28)27(30-24)29-23-13-11-22(12-14-23)21(5)34-8-3/h11-16,20H,5-10,17-19,28H2,1-4H3,(H,29,30). The van der Waals surface area contributed by atoms with Gasteiger partial charge in [-0.05, 0) is 63.1 Å². The molecule has 0 aliphatic heterocycles. The topological polar surface area (TPSA) is 81.2 Å². The highest BCUT2D eigenvalue weighted by atomic mass is 16.5. The minimum Gasteiger partial charge on any atom is -0.494 e. The van der Waals surface area contributed by atoms with Gasteiger partial charge >= 0.3 is 0 Å². The lowest BCUT2D eigenvalue weighted by molar-refractivity contribution is 0.299. The van der Waals surface area contributed by atoms with E-state index in [0.29, 0.717) is 18.9 Å². The first-order valence-corrected chi connectivity index (χ1v) is 12.5. The largest absolute Gasteiger partial charge is 0.494 e. The van der Waals surface area contributed by atoms with Crippen molar-refractivity contribution in [2.45, 2.75) is 59.4 Å². The van der Waals surface area contributed by atoms with Crippen molar-refractivity contribution in [3.05, 3.63) is 48.5 Å². The van der Waals surface area contributed by atoms with E-state index in [0.717, 1.165) is 73.0 Å². The molecule has 0 aliphatic carbocycles. The van der Waals surface area contributed by atoms with Crippen molar-refractivity contribution in [3.63, 3.8) is 0 Å². The molecule has 1 aromatic carbocycles. The summed E-state index contributed by atoms with van der Waals surface area (Å²) in [7, 11) is 0. The van der Waals surface area contributed by atoms with Gasteiger partial charge in [0.15, 0.2) is 5.65 Å². The lowest BCUT2D eigenvalue weighted by atomic mass is 10.2. The van der Waals surface area contributed by atoms with Crippen LogP contribution in [-0.4, -0.2) is 40.8 Å². The highest BCUT2D eigenvalue weighted by molar-refractivity contribution is 5.78. The molecule has 0 radical (unpaired) electrons. The lowest BCUT2D eigenvalue weighted by Gasteiger charge is -2.24. The van der Waals surface area contributed by atoms with Crippen molar-refractivity contribution < 1.29 is 4.74 Å². The number of fused-ring (bicyclic) bond motifs is 1. The number of ether oxygens (including phenoxy) is 1. The van der Waals surface area contributed by atoms with Gasteiger partial charge in [-0.25, -0.2) is 9.97 Å². The molecular weight excluding hydrogens is 424 g/mol. The lowest BCUT2D eigenvalue weighted by Crippen LogP contribution is -2.26. The molecule has 3 rings (SSSR count). The SMILES string of the molecule is C=C(OCC)c1ccc(Nc2nc3ccc(N(CCCC)CCCC)nc3n2C(C)CN)cc1. The third-order valence-electron chi connectivity index (χ3n) is 5.97. The van der Waals surface area contributed by atoms with Crippen LogP contribution in [0.2, 0.25) is 0 Å². The molecular formula is C27H40N6O. The number of unbranched alkanes of at least 4 members (excludes halogenated alkanes) is 2. The van der Waals surface area contributed by atoms with E-state index < -0.39 is 0 Å². The van der Waals surface area contributed by atoms with E-state index in [1.807, 2.05) is 31.2 Å². The number of nitrogens with zero attached hydrogens (tertiary/aromatic N) is 4. The van der Waals surface area contributed by atoms with Crippen LogP contribution in [0.25, 0.3) is 16.9 Å². The first-order chi connectivity index (χ1) is 16.5. The van der Waals surface area contributed by atoms with Crippen LogP contribution in [-0.2, 0) is 4.74 Å². The normalized spacial score (nSPS) is 12.0. The van der Waals surface area contributed by atoms with Crippen LogP contribution in [0.4, 0.5) is 17.5 Å². The van der Waals surface area contributed by atoms with Crippen molar-refractivity contribution in [1.29, 1.82) is 0 Å². The average Bonchev–Trinajstić information content (AvgIpc) is 3.21. The molecule has 34 heavy (non-hydrogen) atoms. The van der Waals surface area contributed by atoms with E-state index in [4.69, 9.17) is 20.4 Å². The van der Waals surface area contributed by atoms with Gasteiger partial charge in [0.25, 0.3) is 0 Å². The smallest absolute Gasteiger partial charge is 0.209 e. The van der Waals surface area contributed by atoms with E-state index in [9.17, 15) is 0 Å². The third kappa shape index (κ3) is 6.08. The fraction of sp³-hybridized carbons (Fsp3) is 0.481. The predicted octanol–water partition coefficient (Wildman–Crippen LogP) is 6.11. The molecule has 0 fully saturated rings. The Balaban J connectivity index is 1.94. The minimum absolute atomic E-state index is 0.0481. The van der Waals surface area contributed by atoms with E-state index in [1.54, 1.807) is 0 Å². The molecule has 0 aliphatic rings. The molecule has 184 valence electrons. The Hall–Kier alpha value is -3.06. The number of hydrogen-bond donors (Lipinski definition) is 2. The van der Waals surface area contributed by atoms with Gasteiger partial charge in [-0.3, -0.25) is 4.57 Å². The number of aromatic nitrogens is 3. The first kappa shape index (κ1) is 25.6. The van der Waals surface area contributed by atoms with Crippen molar-refractivity contribution in [2.75, 3.05) is 36.5 Å². The minimum atomic E-state index is 0.0481. The summed E-state index contributed by atoms with van der Waals surface area (Å²) in [5, 5.41) is 3.46. The van der Waals surface area contributed by atoms with Crippen molar-refractivity contribution in [3.8, 4) is 0 Å². The zero-order valence-corrected chi connectivity index (χ0v) is 21.2. The Bertz CT molecular complexity index is 1050. The van der Waals surface area contributed by atoms with E-state index >= 15 is 0 Å². The molecule has 3 N–H and O–H groups in total. The van der Waals surface area contributed by atoms with Gasteiger partial charge in [-0.1, -0.05) is 33.3 Å². The second-order valence-corrected chi connectivity index (χ2v) is 8.66. The number of rotatable bonds is 14. The third-order valence-corrected chi connectivity index (χ3v) is 5.97. The fourth-order valence-corrected chi connectivity index (χ4v) is 3.92. The summed E-state index contributed by atoms with van der Waals surface area (Å²) in [5.74, 6) is 2.42. The molecule has 1 atom stereocenters. The molecule has 7 nitrogen and oxygen atoms in total. The Morgan fingerprint density at radius 1 is 1.06 bits per heavy atom. The molecule has 0 amide bonds. The van der Waals surface area contributed by atoms with Gasteiger partial charge in [0.2, 0.25) is 5.95 Å². The van der Waals surface area contributed by atoms with Crippen LogP contribution >= 0.6 is 0 Å². The maximum atomic E-state index is 6.09. The summed E-state index contributed by atoms with van der Waals surface area (Å²) in [6.07, 6.45) is 4.64. The second-order valence-electron chi connectivity index (χ2n) is 8.66. The monoisotopic (exact) mass is 464 g/mol. The van der Waals surface area contributed by atoms with Crippen LogP contribution in [0.15, 0.2) is 43.0 Å². The average molecular weight is 465 g/mol. The summed E-state index contributed by atoms with van der Waals surface area (Å²) in [4.78, 5) is 12.3. The molecule has 2 aromatic heterocycles. The quantitative estimate of drug-likeness (QED) is 0.280. The summed E-state index contributed by atoms with van der Waals surface area (Å²) in [5.41, 5.74) is 9.70. The van der Waals surface area contributed by atoms with Gasteiger partial charge < -0.3 is 20.7 Å². The molecule has 0 spiro atoms. The predicted molar refractivity (Wildman–Crippen MR) is 144 cm³/mol. The molecule has 0 saturated carbocycles. The molecule has 0 bridgehead atoms. The number of nitrogens with one attached hydrogen (secondary N) is 1. The number of hydrogen-bond acceptors (Lipinski definition) is 6. The maximum absolute atomic E-state index is 6.09. The maximum Gasteiger partial charge on any atom is 0.209 e. The van der Waals surface area contributed by atoms with Crippen LogP contribution < -0.4 is 16.0 Å². The summed E-state index contributed by atoms with van der Waals surface area (Å²) < 4.78 is 7.63. The van der Waals surface area contributed by atoms with Crippen molar-refractivity contribution in [2.24, 2.45) is 5.73 Å². The van der Waals surface area contributed by atoms with Crippen LogP contribution in [0.1, 0.15) is 65.0 Å². The molecule has 7 heteroatoms.